The Labute approximate surface area is 436 Å². The van der Waals surface area contributed by atoms with E-state index in [-0.39, 0.29) is 0 Å². The molecule has 1 heterocycles. The van der Waals surface area contributed by atoms with Crippen LogP contribution in [-0.4, -0.2) is 0 Å². The van der Waals surface area contributed by atoms with Gasteiger partial charge in [-0.2, -0.15) is 0 Å². The number of fused-ring (bicyclic) bond motifs is 13. The molecule has 0 atom stereocenters. The van der Waals surface area contributed by atoms with Crippen LogP contribution >= 0.6 is 0 Å². The van der Waals surface area contributed by atoms with Crippen LogP contribution in [0.2, 0.25) is 0 Å². The van der Waals surface area contributed by atoms with Gasteiger partial charge in [0.2, 0.25) is 0 Å². The van der Waals surface area contributed by atoms with Gasteiger partial charge in [0.25, 0.3) is 0 Å². The smallest absolute Gasteiger partial charge is 0.143 e. The summed E-state index contributed by atoms with van der Waals surface area (Å²) in [5.41, 5.74) is 26.7. The van der Waals surface area contributed by atoms with Crippen molar-refractivity contribution in [2.75, 3.05) is 4.90 Å². The molecular formula is C73H47NO. The number of nitrogens with zero attached hydrogens (tertiary/aromatic N) is 1. The van der Waals surface area contributed by atoms with E-state index in [9.17, 15) is 0 Å². The summed E-state index contributed by atoms with van der Waals surface area (Å²) in [6, 6.07) is 105. The highest BCUT2D eigenvalue weighted by Crippen LogP contribution is 2.63. The summed E-state index contributed by atoms with van der Waals surface area (Å²) in [6.07, 6.45) is 0. The van der Waals surface area contributed by atoms with Crippen LogP contribution in [0.4, 0.5) is 17.1 Å². The van der Waals surface area contributed by atoms with E-state index in [0.717, 1.165) is 55.7 Å². The van der Waals surface area contributed by atoms with Crippen LogP contribution in [0.15, 0.2) is 290 Å². The zero-order valence-corrected chi connectivity index (χ0v) is 41.0. The van der Waals surface area contributed by atoms with Gasteiger partial charge in [-0.3, -0.25) is 0 Å². The number of hydrogen-bond acceptors (Lipinski definition) is 2. The summed E-state index contributed by atoms with van der Waals surface area (Å²) in [5, 5.41) is 2.25. The third-order valence-corrected chi connectivity index (χ3v) is 15.9. The lowest BCUT2D eigenvalue weighted by molar-refractivity contribution is 0.670. The molecule has 0 amide bonds. The average molecular weight is 954 g/mol. The third kappa shape index (κ3) is 6.60. The molecule has 0 aliphatic heterocycles. The Morgan fingerprint density at radius 1 is 0.253 bits per heavy atom. The summed E-state index contributed by atoms with van der Waals surface area (Å²) >= 11 is 0. The van der Waals surface area contributed by atoms with Gasteiger partial charge in [0.15, 0.2) is 0 Å². The molecule has 0 radical (unpaired) electrons. The van der Waals surface area contributed by atoms with Crippen molar-refractivity contribution in [1.29, 1.82) is 0 Å². The number of benzene rings is 12. The molecule has 15 rings (SSSR count). The topological polar surface area (TPSA) is 16.4 Å². The number of rotatable bonds is 8. The Morgan fingerprint density at radius 2 is 0.653 bits per heavy atom. The lowest BCUT2D eigenvalue weighted by Gasteiger charge is -2.32. The third-order valence-electron chi connectivity index (χ3n) is 15.9. The van der Waals surface area contributed by atoms with Gasteiger partial charge in [-0.15, -0.1) is 0 Å². The second-order valence-electron chi connectivity index (χ2n) is 19.8. The summed E-state index contributed by atoms with van der Waals surface area (Å²) in [6.45, 7) is 0. The van der Waals surface area contributed by atoms with Gasteiger partial charge in [-0.1, -0.05) is 243 Å². The molecule has 75 heavy (non-hydrogen) atoms. The van der Waals surface area contributed by atoms with Crippen molar-refractivity contribution in [1.82, 2.24) is 0 Å². The van der Waals surface area contributed by atoms with E-state index >= 15 is 0 Å². The van der Waals surface area contributed by atoms with E-state index in [2.05, 4.69) is 284 Å². The maximum Gasteiger partial charge on any atom is 0.143 e. The lowest BCUT2D eigenvalue weighted by Crippen LogP contribution is -2.26. The predicted molar refractivity (Wildman–Crippen MR) is 312 cm³/mol. The molecule has 0 N–H and O–H groups in total. The van der Waals surface area contributed by atoms with Crippen molar-refractivity contribution < 1.29 is 4.42 Å². The Kier molecular flexibility index (Phi) is 9.83. The molecule has 2 aliphatic carbocycles. The van der Waals surface area contributed by atoms with Gasteiger partial charge in [0.1, 0.15) is 11.2 Å². The molecule has 2 heteroatoms. The first-order chi connectivity index (χ1) is 37.2. The fourth-order valence-corrected chi connectivity index (χ4v) is 12.7. The second kappa shape index (κ2) is 17.2. The summed E-state index contributed by atoms with van der Waals surface area (Å²) in [5.74, 6) is 0. The van der Waals surface area contributed by atoms with Crippen LogP contribution in [0.1, 0.15) is 22.3 Å². The highest BCUT2D eigenvalue weighted by atomic mass is 16.3. The van der Waals surface area contributed by atoms with Gasteiger partial charge in [0, 0.05) is 33.4 Å². The largest absolute Gasteiger partial charge is 0.455 e. The van der Waals surface area contributed by atoms with Crippen LogP contribution in [0.3, 0.4) is 0 Å². The normalized spacial score (nSPS) is 12.6. The number of para-hydroxylation sites is 2. The molecule has 1 spiro atoms. The van der Waals surface area contributed by atoms with Crippen molar-refractivity contribution in [3.63, 3.8) is 0 Å². The van der Waals surface area contributed by atoms with Crippen LogP contribution in [0, 0.1) is 0 Å². The van der Waals surface area contributed by atoms with Crippen molar-refractivity contribution in [2.24, 2.45) is 0 Å². The van der Waals surface area contributed by atoms with E-state index in [1.807, 2.05) is 6.07 Å². The van der Waals surface area contributed by atoms with Gasteiger partial charge < -0.3 is 9.32 Å². The standard InChI is InChI=1S/C73H47NO/c1-3-19-48(20-4-1)55-23-7-8-28-64(55)71-56(49-21-5-2-6-22-49)29-17-30-57(71)50-37-41-52(42-38-50)74(53-43-39-51(40-44-53)58-31-18-32-65-63-27-12-16-36-70(63)75-72(58)65)54-45-46-62-61-26-11-15-35-68(61)73(69(62)47-54)66-33-13-9-24-59(66)60-25-10-14-34-67(60)73/h1-47H. The van der Waals surface area contributed by atoms with Gasteiger partial charge >= 0.3 is 0 Å². The molecule has 1 aromatic heterocycles. The van der Waals surface area contributed by atoms with Crippen LogP contribution in [0.25, 0.3) is 99.8 Å². The highest BCUT2D eigenvalue weighted by molar-refractivity contribution is 6.10. The molecular weight excluding hydrogens is 907 g/mol. The maximum absolute atomic E-state index is 6.55. The second-order valence-corrected chi connectivity index (χ2v) is 19.8. The van der Waals surface area contributed by atoms with Crippen LogP contribution in [-0.2, 0) is 5.41 Å². The van der Waals surface area contributed by atoms with Crippen LogP contribution in [0.5, 0.6) is 0 Å². The minimum absolute atomic E-state index is 0.476. The monoisotopic (exact) mass is 953 g/mol. The summed E-state index contributed by atoms with van der Waals surface area (Å²) in [7, 11) is 0. The first-order valence-corrected chi connectivity index (χ1v) is 25.9. The first kappa shape index (κ1) is 42.9. The molecule has 12 aromatic carbocycles. The summed E-state index contributed by atoms with van der Waals surface area (Å²) < 4.78 is 6.55. The Balaban J connectivity index is 0.916. The van der Waals surface area contributed by atoms with Crippen molar-refractivity contribution in [2.45, 2.75) is 5.41 Å². The molecule has 0 bridgehead atoms. The minimum atomic E-state index is -0.476. The average Bonchev–Trinajstić information content (AvgIpc) is 4.23. The quantitative estimate of drug-likeness (QED) is 0.151. The fourth-order valence-electron chi connectivity index (χ4n) is 12.7. The number of furan rings is 1. The lowest BCUT2D eigenvalue weighted by atomic mass is 9.70. The maximum atomic E-state index is 6.55. The van der Waals surface area contributed by atoms with Crippen molar-refractivity contribution >= 4 is 39.0 Å². The first-order valence-electron chi connectivity index (χ1n) is 25.9. The van der Waals surface area contributed by atoms with E-state index in [1.54, 1.807) is 0 Å². The molecule has 350 valence electrons. The Morgan fingerprint density at radius 3 is 1.25 bits per heavy atom. The zero-order valence-electron chi connectivity index (χ0n) is 41.0. The molecule has 2 aliphatic rings. The Hall–Kier alpha value is -9.76. The zero-order chi connectivity index (χ0) is 49.5. The SMILES string of the molecule is c1ccc(-c2ccccc2-c2c(-c3ccccc3)cccc2-c2ccc(N(c3ccc(-c4cccc5c4oc4ccccc45)cc3)c3ccc4c(c3)C3(c5ccccc5-c5ccccc53)c3ccccc3-4)cc2)cc1. The van der Waals surface area contributed by atoms with E-state index in [0.29, 0.717) is 0 Å². The van der Waals surface area contributed by atoms with Crippen molar-refractivity contribution in [3.8, 4) is 77.9 Å². The molecule has 13 aromatic rings. The van der Waals surface area contributed by atoms with Gasteiger partial charge in [-0.05, 0) is 137 Å². The van der Waals surface area contributed by atoms with Crippen molar-refractivity contribution in [3.05, 3.63) is 307 Å². The van der Waals surface area contributed by atoms with E-state index < -0.39 is 5.41 Å². The number of anilines is 3. The molecule has 0 unspecified atom stereocenters. The number of hydrogen-bond donors (Lipinski definition) is 0. The van der Waals surface area contributed by atoms with Crippen LogP contribution < -0.4 is 4.90 Å². The molecule has 0 saturated carbocycles. The minimum Gasteiger partial charge on any atom is -0.455 e. The fraction of sp³-hybridized carbons (Fsp3) is 0.0137. The summed E-state index contributed by atoms with van der Waals surface area (Å²) in [4.78, 5) is 2.44. The van der Waals surface area contributed by atoms with Gasteiger partial charge in [0.05, 0.1) is 5.41 Å². The predicted octanol–water partition coefficient (Wildman–Crippen LogP) is 19.7. The highest BCUT2D eigenvalue weighted by Gasteiger charge is 2.51. The Bertz CT molecular complexity index is 4270. The molecule has 2 nitrogen and oxygen atoms in total. The molecule has 0 fully saturated rings. The molecule has 0 saturated heterocycles. The van der Waals surface area contributed by atoms with E-state index in [4.69, 9.17) is 4.42 Å². The van der Waals surface area contributed by atoms with Gasteiger partial charge in [-0.25, -0.2) is 0 Å². The van der Waals surface area contributed by atoms with E-state index in [1.165, 1.54) is 83.5 Å².